The summed E-state index contributed by atoms with van der Waals surface area (Å²) in [6.45, 7) is 1.55. The number of nitrogens with one attached hydrogen (secondary N) is 3. The fraction of sp³-hybridized carbons (Fsp3) is 0.179. The van der Waals surface area contributed by atoms with E-state index in [0.717, 1.165) is 40.7 Å². The molecule has 7 rings (SSSR count). The van der Waals surface area contributed by atoms with Crippen LogP contribution >= 0.6 is 11.3 Å². The number of carbonyl (C=O) groups excluding carboxylic acids is 2. The van der Waals surface area contributed by atoms with Gasteiger partial charge < -0.3 is 10.3 Å². The highest BCUT2D eigenvalue weighted by molar-refractivity contribution is 7.17. The number of nitrogens with zero attached hydrogens (tertiary/aromatic N) is 5. The number of rotatable bonds is 6. The quantitative estimate of drug-likeness (QED) is 0.235. The van der Waals surface area contributed by atoms with Crippen molar-refractivity contribution in [3.05, 3.63) is 59.9 Å². The number of pyridine rings is 3. The Bertz CT molecular complexity index is 1900. The van der Waals surface area contributed by atoms with Crippen molar-refractivity contribution in [3.63, 3.8) is 0 Å². The summed E-state index contributed by atoms with van der Waals surface area (Å²) in [5.74, 6) is 0.706. The van der Waals surface area contributed by atoms with Gasteiger partial charge in [-0.05, 0) is 56.2 Å². The Hall–Kier alpha value is -4.77. The molecule has 0 saturated heterocycles. The van der Waals surface area contributed by atoms with Crippen molar-refractivity contribution in [2.75, 3.05) is 5.32 Å². The maximum atomic E-state index is 12.4. The van der Waals surface area contributed by atoms with E-state index in [0.29, 0.717) is 44.5 Å². The van der Waals surface area contributed by atoms with E-state index in [4.69, 9.17) is 9.97 Å². The van der Waals surface area contributed by atoms with Gasteiger partial charge in [0.2, 0.25) is 5.91 Å². The molecule has 1 amide bonds. The molecule has 10 nitrogen and oxygen atoms in total. The van der Waals surface area contributed by atoms with Gasteiger partial charge in [-0.1, -0.05) is 6.42 Å². The number of Topliss-reactive ketones (excluding diaryl/α,β-unsaturated/α-hetero) is 1. The monoisotopic (exact) mass is 534 g/mol. The van der Waals surface area contributed by atoms with Crippen molar-refractivity contribution in [2.45, 2.75) is 26.2 Å². The van der Waals surface area contributed by atoms with Gasteiger partial charge >= 0.3 is 0 Å². The zero-order chi connectivity index (χ0) is 26.5. The van der Waals surface area contributed by atoms with Gasteiger partial charge in [-0.25, -0.2) is 9.97 Å². The molecule has 11 heteroatoms. The van der Waals surface area contributed by atoms with Crippen LogP contribution in [0.25, 0.3) is 55.4 Å². The van der Waals surface area contributed by atoms with Crippen LogP contribution in [-0.4, -0.2) is 46.8 Å². The number of H-pyrrole nitrogens is 2. The topological polar surface area (TPSA) is 142 Å². The Morgan fingerprint density at radius 3 is 2.67 bits per heavy atom. The lowest BCUT2D eigenvalue weighted by atomic mass is 9.85. The highest BCUT2D eigenvalue weighted by atomic mass is 32.1. The van der Waals surface area contributed by atoms with Crippen LogP contribution in [0.3, 0.4) is 0 Å². The normalized spacial score (nSPS) is 13.6. The van der Waals surface area contributed by atoms with Gasteiger partial charge in [-0.3, -0.25) is 24.7 Å². The molecule has 0 bridgehead atoms. The molecular formula is C28H22N8O2S. The number of carbonyl (C=O) groups is 2. The van der Waals surface area contributed by atoms with Gasteiger partial charge in [0.1, 0.15) is 16.7 Å². The Balaban J connectivity index is 1.25. The zero-order valence-electron chi connectivity index (χ0n) is 20.9. The summed E-state index contributed by atoms with van der Waals surface area (Å²) in [7, 11) is 0. The largest absolute Gasteiger partial charge is 0.336 e. The molecule has 3 N–H and O–H groups in total. The van der Waals surface area contributed by atoms with E-state index in [1.165, 1.54) is 11.3 Å². The highest BCUT2D eigenvalue weighted by Crippen LogP contribution is 2.34. The minimum atomic E-state index is 0.0208. The third-order valence-electron chi connectivity index (χ3n) is 7.00. The molecule has 6 heterocycles. The molecule has 0 aromatic carbocycles. The number of aromatic nitrogens is 7. The minimum Gasteiger partial charge on any atom is -0.336 e. The molecule has 1 aliphatic rings. The molecule has 0 aliphatic heterocycles. The molecule has 192 valence electrons. The summed E-state index contributed by atoms with van der Waals surface area (Å²) < 4.78 is 0. The Morgan fingerprint density at radius 2 is 1.87 bits per heavy atom. The maximum Gasteiger partial charge on any atom is 0.227 e. The molecule has 6 aromatic heterocycles. The summed E-state index contributed by atoms with van der Waals surface area (Å²) >= 11 is 1.40. The summed E-state index contributed by atoms with van der Waals surface area (Å²) in [5, 5.41) is 10.5. The van der Waals surface area contributed by atoms with Crippen LogP contribution < -0.4 is 5.32 Å². The molecule has 0 atom stereocenters. The van der Waals surface area contributed by atoms with Crippen molar-refractivity contribution in [1.82, 2.24) is 35.1 Å². The van der Waals surface area contributed by atoms with Crippen LogP contribution in [-0.2, 0) is 4.79 Å². The van der Waals surface area contributed by atoms with E-state index >= 15 is 0 Å². The number of hydrogen-bond donors (Lipinski definition) is 3. The van der Waals surface area contributed by atoms with Crippen LogP contribution in [0.5, 0.6) is 0 Å². The van der Waals surface area contributed by atoms with Crippen LogP contribution in [0.1, 0.15) is 35.9 Å². The van der Waals surface area contributed by atoms with E-state index in [9.17, 15) is 9.59 Å². The van der Waals surface area contributed by atoms with Crippen molar-refractivity contribution in [1.29, 1.82) is 0 Å². The van der Waals surface area contributed by atoms with Crippen LogP contribution in [0.15, 0.2) is 55.0 Å². The standard InChI is InChI=1S/C28H22N8O2S/c1-14(37)21-7-8-22(39-21)25-23-19(9-10-30-25)33-27(34-23)26-24-20(35-36-26)6-5-18(32-24)16-11-17(13-29-12-16)31-28(38)15-3-2-4-15/h5-13,15H,2-4H2,1H3,(H,31,38)(H,33,34)(H,35,36). The molecule has 39 heavy (non-hydrogen) atoms. The summed E-state index contributed by atoms with van der Waals surface area (Å²) in [6.07, 6.45) is 8.07. The number of thiophene rings is 1. The number of hydrogen-bond acceptors (Lipinski definition) is 8. The molecule has 0 unspecified atom stereocenters. The Morgan fingerprint density at radius 1 is 1.00 bits per heavy atom. The van der Waals surface area contributed by atoms with Gasteiger partial charge in [0, 0.05) is 23.9 Å². The zero-order valence-corrected chi connectivity index (χ0v) is 21.7. The van der Waals surface area contributed by atoms with E-state index < -0.39 is 0 Å². The molecule has 6 aromatic rings. The highest BCUT2D eigenvalue weighted by Gasteiger charge is 2.25. The van der Waals surface area contributed by atoms with E-state index in [1.807, 2.05) is 36.4 Å². The molecular weight excluding hydrogens is 512 g/mol. The molecule has 1 aliphatic carbocycles. The van der Waals surface area contributed by atoms with E-state index in [2.05, 4.69) is 30.5 Å². The number of imidazole rings is 1. The van der Waals surface area contributed by atoms with Crippen LogP contribution in [0.2, 0.25) is 0 Å². The van der Waals surface area contributed by atoms with Crippen LogP contribution in [0.4, 0.5) is 5.69 Å². The fourth-order valence-electron chi connectivity index (χ4n) is 4.67. The van der Waals surface area contributed by atoms with Crippen molar-refractivity contribution in [3.8, 4) is 33.3 Å². The Labute approximate surface area is 226 Å². The first-order valence-electron chi connectivity index (χ1n) is 12.6. The first-order chi connectivity index (χ1) is 19.0. The SMILES string of the molecule is CC(=O)c1ccc(-c2nccc3[nH]c(-c4n[nH]c5ccc(-c6cncc(NC(=O)C7CCC7)c6)nc45)nc23)s1. The number of amides is 1. The van der Waals surface area contributed by atoms with Gasteiger partial charge in [-0.2, -0.15) is 5.10 Å². The smallest absolute Gasteiger partial charge is 0.227 e. The fourth-order valence-corrected chi connectivity index (χ4v) is 5.57. The van der Waals surface area contributed by atoms with E-state index in [-0.39, 0.29) is 17.6 Å². The van der Waals surface area contributed by atoms with Gasteiger partial charge in [-0.15, -0.1) is 11.3 Å². The lowest BCUT2D eigenvalue weighted by molar-refractivity contribution is -0.122. The molecule has 1 saturated carbocycles. The van der Waals surface area contributed by atoms with Gasteiger partial charge in [0.25, 0.3) is 0 Å². The number of fused-ring (bicyclic) bond motifs is 2. The summed E-state index contributed by atoms with van der Waals surface area (Å²) in [5.41, 5.74) is 6.32. The minimum absolute atomic E-state index is 0.0208. The van der Waals surface area contributed by atoms with E-state index in [1.54, 1.807) is 25.5 Å². The first kappa shape index (κ1) is 23.4. The van der Waals surface area contributed by atoms with Crippen molar-refractivity contribution < 1.29 is 9.59 Å². The molecule has 0 spiro atoms. The first-order valence-corrected chi connectivity index (χ1v) is 13.4. The molecule has 0 radical (unpaired) electrons. The molecule has 1 fully saturated rings. The van der Waals surface area contributed by atoms with Crippen molar-refractivity contribution in [2.24, 2.45) is 5.92 Å². The second kappa shape index (κ2) is 9.21. The van der Waals surface area contributed by atoms with Gasteiger partial charge in [0.15, 0.2) is 17.3 Å². The average Bonchev–Trinajstić information content (AvgIpc) is 3.65. The van der Waals surface area contributed by atoms with Crippen molar-refractivity contribution >= 4 is 50.8 Å². The third-order valence-corrected chi connectivity index (χ3v) is 8.19. The number of ketones is 1. The maximum absolute atomic E-state index is 12.4. The lowest BCUT2D eigenvalue weighted by Crippen LogP contribution is -2.28. The average molecular weight is 535 g/mol. The third kappa shape index (κ3) is 4.16. The second-order valence-electron chi connectivity index (χ2n) is 9.61. The predicted molar refractivity (Wildman–Crippen MR) is 149 cm³/mol. The second-order valence-corrected chi connectivity index (χ2v) is 10.7. The summed E-state index contributed by atoms with van der Waals surface area (Å²) in [4.78, 5) is 47.7. The lowest BCUT2D eigenvalue weighted by Gasteiger charge is -2.24. The number of anilines is 1. The predicted octanol–water partition coefficient (Wildman–Crippen LogP) is 5.63. The number of aromatic amines is 2. The van der Waals surface area contributed by atoms with Gasteiger partial charge in [0.05, 0.1) is 38.4 Å². The van der Waals surface area contributed by atoms with Crippen LogP contribution in [0, 0.1) is 5.92 Å². The summed E-state index contributed by atoms with van der Waals surface area (Å²) in [6, 6.07) is 11.3. The Kier molecular flexibility index (Phi) is 5.51.